The van der Waals surface area contributed by atoms with Crippen molar-refractivity contribution in [1.82, 2.24) is 0 Å². The maximum atomic E-state index is 12.7. The van der Waals surface area contributed by atoms with E-state index in [2.05, 4.69) is 0 Å². The number of aliphatic carboxylic acids is 1. The molecule has 1 aromatic rings. The maximum Gasteiger partial charge on any atom is 0.307 e. The summed E-state index contributed by atoms with van der Waals surface area (Å²) in [7, 11) is 0. The van der Waals surface area contributed by atoms with E-state index < -0.39 is 23.9 Å². The fourth-order valence-corrected chi connectivity index (χ4v) is 2.39. The van der Waals surface area contributed by atoms with Crippen molar-refractivity contribution in [2.45, 2.75) is 24.9 Å². The smallest absolute Gasteiger partial charge is 0.307 e. The lowest BCUT2D eigenvalue weighted by Gasteiger charge is -2.19. The Morgan fingerprint density at radius 3 is 2.44 bits per heavy atom. The molecule has 1 fully saturated rings. The van der Waals surface area contributed by atoms with Crippen LogP contribution < -0.4 is 0 Å². The van der Waals surface area contributed by atoms with Crippen LogP contribution in [0.3, 0.4) is 0 Å². The highest BCUT2D eigenvalue weighted by atomic mass is 19.1. The van der Waals surface area contributed by atoms with Crippen LogP contribution in [0.15, 0.2) is 24.3 Å². The second-order valence-electron chi connectivity index (χ2n) is 4.17. The van der Waals surface area contributed by atoms with Crippen molar-refractivity contribution in [1.29, 1.82) is 0 Å². The zero-order valence-corrected chi connectivity index (χ0v) is 8.64. The SMILES string of the molecule is O=C(O)C1CCC(O)C1c1ccc(F)cc1. The van der Waals surface area contributed by atoms with Gasteiger partial charge in [-0.15, -0.1) is 0 Å². The van der Waals surface area contributed by atoms with Crippen LogP contribution in [0.5, 0.6) is 0 Å². The zero-order valence-electron chi connectivity index (χ0n) is 8.64. The lowest BCUT2D eigenvalue weighted by Crippen LogP contribution is -2.22. The summed E-state index contributed by atoms with van der Waals surface area (Å²) in [6, 6.07) is 5.67. The number of hydrogen-bond acceptors (Lipinski definition) is 2. The Kier molecular flexibility index (Phi) is 2.92. The molecule has 1 aliphatic carbocycles. The molecule has 0 spiro atoms. The molecular formula is C12H13FO3. The zero-order chi connectivity index (χ0) is 11.7. The van der Waals surface area contributed by atoms with Gasteiger partial charge in [-0.3, -0.25) is 4.79 Å². The third kappa shape index (κ3) is 1.93. The second kappa shape index (κ2) is 4.22. The molecule has 3 nitrogen and oxygen atoms in total. The maximum absolute atomic E-state index is 12.7. The normalized spacial score (nSPS) is 29.2. The molecule has 86 valence electrons. The molecule has 0 aliphatic heterocycles. The average Bonchev–Trinajstić information content (AvgIpc) is 2.62. The van der Waals surface area contributed by atoms with Gasteiger partial charge in [-0.2, -0.15) is 0 Å². The van der Waals surface area contributed by atoms with E-state index in [4.69, 9.17) is 5.11 Å². The van der Waals surface area contributed by atoms with Crippen LogP contribution in [-0.2, 0) is 4.79 Å². The quantitative estimate of drug-likeness (QED) is 0.804. The molecule has 3 unspecified atom stereocenters. The highest BCUT2D eigenvalue weighted by Crippen LogP contribution is 2.39. The van der Waals surface area contributed by atoms with Gasteiger partial charge in [0.25, 0.3) is 0 Å². The molecule has 1 aromatic carbocycles. The van der Waals surface area contributed by atoms with Gasteiger partial charge >= 0.3 is 5.97 Å². The Morgan fingerprint density at radius 2 is 1.88 bits per heavy atom. The van der Waals surface area contributed by atoms with Gasteiger partial charge in [-0.05, 0) is 30.5 Å². The summed E-state index contributed by atoms with van der Waals surface area (Å²) in [5.74, 6) is -2.24. The van der Waals surface area contributed by atoms with Crippen LogP contribution in [0.25, 0.3) is 0 Å². The molecule has 0 saturated heterocycles. The number of aliphatic hydroxyl groups is 1. The Morgan fingerprint density at radius 1 is 1.25 bits per heavy atom. The number of carbonyl (C=O) groups is 1. The van der Waals surface area contributed by atoms with Gasteiger partial charge in [-0.25, -0.2) is 4.39 Å². The molecule has 1 saturated carbocycles. The van der Waals surface area contributed by atoms with Gasteiger partial charge in [0.05, 0.1) is 12.0 Å². The van der Waals surface area contributed by atoms with E-state index in [1.54, 1.807) is 12.1 Å². The van der Waals surface area contributed by atoms with Gasteiger partial charge in [0, 0.05) is 5.92 Å². The van der Waals surface area contributed by atoms with E-state index in [9.17, 15) is 14.3 Å². The van der Waals surface area contributed by atoms with Crippen molar-refractivity contribution >= 4 is 5.97 Å². The van der Waals surface area contributed by atoms with Gasteiger partial charge in [0.1, 0.15) is 5.82 Å². The molecule has 4 heteroatoms. The van der Waals surface area contributed by atoms with Gasteiger partial charge in [-0.1, -0.05) is 12.1 Å². The fraction of sp³-hybridized carbons (Fsp3) is 0.417. The van der Waals surface area contributed by atoms with Crippen LogP contribution >= 0.6 is 0 Å². The molecule has 2 rings (SSSR count). The third-order valence-corrected chi connectivity index (χ3v) is 3.19. The standard InChI is InChI=1S/C12H13FO3/c13-8-3-1-7(2-4-8)11-9(12(15)16)5-6-10(11)14/h1-4,9-11,14H,5-6H2,(H,15,16). The van der Waals surface area contributed by atoms with E-state index in [1.165, 1.54) is 12.1 Å². The molecule has 0 aromatic heterocycles. The summed E-state index contributed by atoms with van der Waals surface area (Å²) in [6.07, 6.45) is 0.309. The Balaban J connectivity index is 2.29. The van der Waals surface area contributed by atoms with Crippen LogP contribution in [0.4, 0.5) is 4.39 Å². The van der Waals surface area contributed by atoms with E-state index in [1.807, 2.05) is 0 Å². The summed E-state index contributed by atoms with van der Waals surface area (Å²) >= 11 is 0. The largest absolute Gasteiger partial charge is 0.481 e. The monoisotopic (exact) mass is 224 g/mol. The van der Waals surface area contributed by atoms with Crippen molar-refractivity contribution in [3.05, 3.63) is 35.6 Å². The third-order valence-electron chi connectivity index (χ3n) is 3.19. The van der Waals surface area contributed by atoms with Gasteiger partial charge in [0.2, 0.25) is 0 Å². The summed E-state index contributed by atoms with van der Waals surface area (Å²) in [5.41, 5.74) is 0.693. The van der Waals surface area contributed by atoms with Crippen LogP contribution in [0.1, 0.15) is 24.3 Å². The van der Waals surface area contributed by atoms with Crippen molar-refractivity contribution in [3.63, 3.8) is 0 Å². The minimum Gasteiger partial charge on any atom is -0.481 e. The molecule has 3 atom stereocenters. The lowest BCUT2D eigenvalue weighted by molar-refractivity contribution is -0.142. The molecule has 1 aliphatic rings. The Bertz CT molecular complexity index is 388. The van der Waals surface area contributed by atoms with E-state index in [-0.39, 0.29) is 5.82 Å². The number of carboxylic acids is 1. The first kappa shape index (κ1) is 11.1. The fourth-order valence-electron chi connectivity index (χ4n) is 2.39. The van der Waals surface area contributed by atoms with Crippen LogP contribution in [-0.4, -0.2) is 22.3 Å². The highest BCUT2D eigenvalue weighted by Gasteiger charge is 2.40. The molecule has 0 bridgehead atoms. The number of benzene rings is 1. The number of aliphatic hydroxyl groups excluding tert-OH is 1. The number of hydrogen-bond donors (Lipinski definition) is 2. The molecular weight excluding hydrogens is 211 g/mol. The van der Waals surface area contributed by atoms with E-state index >= 15 is 0 Å². The second-order valence-corrected chi connectivity index (χ2v) is 4.17. The molecule has 0 amide bonds. The Labute approximate surface area is 92.5 Å². The van der Waals surface area contributed by atoms with Crippen LogP contribution in [0.2, 0.25) is 0 Å². The first-order valence-electron chi connectivity index (χ1n) is 5.26. The van der Waals surface area contributed by atoms with E-state index in [0.717, 1.165) is 0 Å². The molecule has 0 radical (unpaired) electrons. The molecule has 2 N–H and O–H groups in total. The van der Waals surface area contributed by atoms with Crippen molar-refractivity contribution in [2.75, 3.05) is 0 Å². The lowest BCUT2D eigenvalue weighted by atomic mass is 9.88. The molecule has 0 heterocycles. The first-order chi connectivity index (χ1) is 7.59. The summed E-state index contributed by atoms with van der Waals surface area (Å²) < 4.78 is 12.7. The topological polar surface area (TPSA) is 57.5 Å². The highest BCUT2D eigenvalue weighted by molar-refractivity contribution is 5.72. The Hall–Kier alpha value is -1.42. The summed E-state index contributed by atoms with van der Waals surface area (Å²) in [6.45, 7) is 0. The predicted molar refractivity (Wildman–Crippen MR) is 55.5 cm³/mol. The van der Waals surface area contributed by atoms with E-state index in [0.29, 0.717) is 18.4 Å². The average molecular weight is 224 g/mol. The van der Waals surface area contributed by atoms with Gasteiger partial charge < -0.3 is 10.2 Å². The van der Waals surface area contributed by atoms with Crippen molar-refractivity contribution in [3.8, 4) is 0 Å². The summed E-state index contributed by atoms with van der Waals surface area (Å²) in [4.78, 5) is 11.0. The minimum atomic E-state index is -0.897. The first-order valence-corrected chi connectivity index (χ1v) is 5.26. The summed E-state index contributed by atoms with van der Waals surface area (Å²) in [5, 5.41) is 18.8. The number of carboxylic acid groups (broad SMARTS) is 1. The number of rotatable bonds is 2. The number of halogens is 1. The predicted octanol–water partition coefficient (Wildman–Crippen LogP) is 1.76. The van der Waals surface area contributed by atoms with Crippen molar-refractivity contribution in [2.24, 2.45) is 5.92 Å². The molecule has 16 heavy (non-hydrogen) atoms. The minimum absolute atomic E-state index is 0.358. The van der Waals surface area contributed by atoms with Gasteiger partial charge in [0.15, 0.2) is 0 Å². The van der Waals surface area contributed by atoms with Crippen molar-refractivity contribution < 1.29 is 19.4 Å². The van der Waals surface area contributed by atoms with Crippen LogP contribution in [0, 0.1) is 11.7 Å².